The van der Waals surface area contributed by atoms with E-state index in [1.54, 1.807) is 29.2 Å². The first-order chi connectivity index (χ1) is 17.9. The molecule has 0 spiro atoms. The zero-order valence-corrected chi connectivity index (χ0v) is 23.8. The molecule has 1 aromatic rings. The van der Waals surface area contributed by atoms with E-state index in [-0.39, 0.29) is 35.7 Å². The molecule has 1 aromatic carbocycles. The minimum atomic E-state index is -3.86. The zero-order valence-electron chi connectivity index (χ0n) is 23.0. The van der Waals surface area contributed by atoms with E-state index >= 15 is 0 Å². The fourth-order valence-corrected chi connectivity index (χ4v) is 8.82. The smallest absolute Gasteiger partial charge is 0.410 e. The highest BCUT2D eigenvalue weighted by Gasteiger charge is 2.60. The third-order valence-electron chi connectivity index (χ3n) is 8.73. The summed E-state index contributed by atoms with van der Waals surface area (Å²) >= 11 is 0. The highest BCUT2D eigenvalue weighted by Crippen LogP contribution is 2.55. The SMILES string of the molecule is Cc1ccc(S(=O)(=O)N2C[C@@]3(CCCC4OCCO4)CN(C(=O)OC(C)(C)C)C[C@H]4C[C@H](O)[C@@H]2C[C@H]43)cc1. The summed E-state index contributed by atoms with van der Waals surface area (Å²) in [5.41, 5.74) is -0.105. The molecule has 10 heteroatoms. The number of piperidine rings is 2. The molecule has 2 bridgehead atoms. The molecule has 1 saturated carbocycles. The summed E-state index contributed by atoms with van der Waals surface area (Å²) in [6.45, 7) is 9.86. The van der Waals surface area contributed by atoms with Gasteiger partial charge in [0.05, 0.1) is 30.3 Å². The van der Waals surface area contributed by atoms with Crippen LogP contribution in [-0.2, 0) is 24.2 Å². The Hall–Kier alpha value is -1.72. The highest BCUT2D eigenvalue weighted by molar-refractivity contribution is 7.89. The molecule has 1 N–H and O–H groups in total. The van der Waals surface area contributed by atoms with Crippen molar-refractivity contribution in [3.63, 3.8) is 0 Å². The van der Waals surface area contributed by atoms with Crippen molar-refractivity contribution < 1.29 is 32.5 Å². The van der Waals surface area contributed by atoms with Gasteiger partial charge in [-0.2, -0.15) is 4.31 Å². The molecule has 212 valence electrons. The van der Waals surface area contributed by atoms with Gasteiger partial charge in [-0.15, -0.1) is 0 Å². The Bertz CT molecular complexity index is 1110. The number of likely N-dealkylation sites (tertiary alicyclic amines) is 1. The lowest BCUT2D eigenvalue weighted by Gasteiger charge is -2.62. The summed E-state index contributed by atoms with van der Waals surface area (Å²) < 4.78 is 46.6. The lowest BCUT2D eigenvalue weighted by atomic mass is 9.55. The number of aryl methyl sites for hydroxylation is 1. The summed E-state index contributed by atoms with van der Waals surface area (Å²) in [4.78, 5) is 15.3. The van der Waals surface area contributed by atoms with Crippen LogP contribution in [0.1, 0.15) is 58.4 Å². The Kier molecular flexibility index (Phi) is 7.58. The number of nitrogens with zero attached hydrogens (tertiary/aromatic N) is 2. The molecular formula is C28H42N2O7S. The van der Waals surface area contributed by atoms with Gasteiger partial charge >= 0.3 is 6.09 Å². The zero-order chi connectivity index (χ0) is 27.3. The number of ether oxygens (including phenoxy) is 3. The van der Waals surface area contributed by atoms with Crippen molar-refractivity contribution in [1.82, 2.24) is 9.21 Å². The average Bonchev–Trinajstić information content (AvgIpc) is 3.36. The molecular weight excluding hydrogens is 508 g/mol. The molecule has 1 amide bonds. The van der Waals surface area contributed by atoms with Gasteiger partial charge in [0.2, 0.25) is 10.0 Å². The third kappa shape index (κ3) is 5.47. The molecule has 38 heavy (non-hydrogen) atoms. The van der Waals surface area contributed by atoms with Gasteiger partial charge in [0.15, 0.2) is 6.29 Å². The van der Waals surface area contributed by atoms with E-state index in [1.807, 2.05) is 27.7 Å². The predicted molar refractivity (Wildman–Crippen MR) is 141 cm³/mol. The van der Waals surface area contributed by atoms with Crippen molar-refractivity contribution in [2.45, 2.75) is 88.7 Å². The van der Waals surface area contributed by atoms with Gasteiger partial charge in [-0.25, -0.2) is 13.2 Å². The van der Waals surface area contributed by atoms with Crippen LogP contribution in [0.25, 0.3) is 0 Å². The number of sulfonamides is 1. The Labute approximate surface area is 226 Å². The van der Waals surface area contributed by atoms with Crippen LogP contribution in [-0.4, -0.2) is 85.7 Å². The van der Waals surface area contributed by atoms with E-state index in [1.165, 1.54) is 4.31 Å². The second-order valence-electron chi connectivity index (χ2n) is 12.6. The molecule has 0 unspecified atom stereocenters. The van der Waals surface area contributed by atoms with E-state index in [2.05, 4.69) is 0 Å². The summed E-state index contributed by atoms with van der Waals surface area (Å²) in [7, 11) is -3.86. The van der Waals surface area contributed by atoms with Crippen LogP contribution in [0.3, 0.4) is 0 Å². The molecule has 4 fully saturated rings. The van der Waals surface area contributed by atoms with Crippen LogP contribution in [0.4, 0.5) is 4.79 Å². The summed E-state index contributed by atoms with van der Waals surface area (Å²) in [6.07, 6.45) is 1.91. The number of aliphatic hydroxyl groups is 1. The number of carbonyl (C=O) groups is 1. The molecule has 3 aliphatic heterocycles. The molecule has 9 nitrogen and oxygen atoms in total. The van der Waals surface area contributed by atoms with E-state index in [0.717, 1.165) is 24.8 Å². The van der Waals surface area contributed by atoms with E-state index in [0.29, 0.717) is 39.1 Å². The van der Waals surface area contributed by atoms with Crippen molar-refractivity contribution >= 4 is 16.1 Å². The Morgan fingerprint density at radius 3 is 2.47 bits per heavy atom. The van der Waals surface area contributed by atoms with E-state index in [9.17, 15) is 18.3 Å². The van der Waals surface area contributed by atoms with Gasteiger partial charge in [0, 0.05) is 25.0 Å². The van der Waals surface area contributed by atoms with E-state index in [4.69, 9.17) is 14.2 Å². The maximum atomic E-state index is 14.0. The molecule has 1 aliphatic carbocycles. The number of aliphatic hydroxyl groups excluding tert-OH is 1. The fourth-order valence-electron chi connectivity index (χ4n) is 7.05. The number of benzene rings is 1. The number of hydrogen-bond acceptors (Lipinski definition) is 7. The van der Waals surface area contributed by atoms with Gasteiger partial charge in [-0.3, -0.25) is 0 Å². The number of amides is 1. The van der Waals surface area contributed by atoms with Crippen LogP contribution in [0, 0.1) is 24.2 Å². The molecule has 0 radical (unpaired) electrons. The predicted octanol–water partition coefficient (Wildman–Crippen LogP) is 3.54. The Morgan fingerprint density at radius 2 is 1.82 bits per heavy atom. The second kappa shape index (κ2) is 10.4. The molecule has 4 aliphatic rings. The van der Waals surface area contributed by atoms with Crippen LogP contribution >= 0.6 is 0 Å². The van der Waals surface area contributed by atoms with Crippen molar-refractivity contribution in [3.8, 4) is 0 Å². The van der Waals surface area contributed by atoms with Gasteiger partial charge in [0.25, 0.3) is 0 Å². The quantitative estimate of drug-likeness (QED) is 0.578. The minimum Gasteiger partial charge on any atom is -0.444 e. The third-order valence-corrected chi connectivity index (χ3v) is 10.6. The van der Waals surface area contributed by atoms with Gasteiger partial charge < -0.3 is 24.2 Å². The first-order valence-electron chi connectivity index (χ1n) is 13.9. The topological polar surface area (TPSA) is 106 Å². The molecule has 5 atom stereocenters. The van der Waals surface area contributed by atoms with Crippen LogP contribution < -0.4 is 0 Å². The molecule has 5 rings (SSSR count). The number of rotatable bonds is 6. The maximum Gasteiger partial charge on any atom is 0.410 e. The number of hydrogen-bond donors (Lipinski definition) is 1. The van der Waals surface area contributed by atoms with Crippen molar-refractivity contribution in [2.75, 3.05) is 32.8 Å². The molecule has 3 heterocycles. The molecule has 0 aromatic heterocycles. The summed E-state index contributed by atoms with van der Waals surface area (Å²) in [5, 5.41) is 11.2. The lowest BCUT2D eigenvalue weighted by molar-refractivity contribution is -0.137. The standard InChI is InChI=1S/C28H42N2O7S/c1-19-7-9-21(10-8-19)38(33,34)30-18-28(11-5-6-25-35-12-13-36-25)17-29(26(32)37-27(2,3)4)16-20-14-24(31)23(30)15-22(20)28/h7-10,20,22-25,31H,5-6,11-18H2,1-4H3/t20-,22-,23+,24+,28-/m1/s1. The van der Waals surface area contributed by atoms with Crippen LogP contribution in [0.5, 0.6) is 0 Å². The second-order valence-corrected chi connectivity index (χ2v) is 14.5. The number of fused-ring (bicyclic) bond motifs is 1. The first kappa shape index (κ1) is 27.8. The molecule has 3 saturated heterocycles. The van der Waals surface area contributed by atoms with Crippen LogP contribution in [0.15, 0.2) is 29.2 Å². The Balaban J connectivity index is 1.48. The van der Waals surface area contributed by atoms with Crippen molar-refractivity contribution in [2.24, 2.45) is 17.3 Å². The monoisotopic (exact) mass is 550 g/mol. The van der Waals surface area contributed by atoms with Crippen molar-refractivity contribution in [1.29, 1.82) is 0 Å². The number of carbonyl (C=O) groups excluding carboxylic acids is 1. The van der Waals surface area contributed by atoms with Gasteiger partial charge in [-0.1, -0.05) is 17.7 Å². The first-order valence-corrected chi connectivity index (χ1v) is 15.3. The van der Waals surface area contributed by atoms with Gasteiger partial charge in [-0.05, 0) is 83.8 Å². The van der Waals surface area contributed by atoms with Gasteiger partial charge in [0.1, 0.15) is 5.60 Å². The van der Waals surface area contributed by atoms with Crippen LogP contribution in [0.2, 0.25) is 0 Å². The Morgan fingerprint density at radius 1 is 1.13 bits per heavy atom. The lowest BCUT2D eigenvalue weighted by Crippen LogP contribution is -2.69. The van der Waals surface area contributed by atoms with Crippen molar-refractivity contribution in [3.05, 3.63) is 29.8 Å². The van der Waals surface area contributed by atoms with E-state index < -0.39 is 33.2 Å². The fraction of sp³-hybridized carbons (Fsp3) is 0.750. The maximum absolute atomic E-state index is 14.0. The largest absolute Gasteiger partial charge is 0.444 e. The summed E-state index contributed by atoms with van der Waals surface area (Å²) in [6, 6.07) is 6.42. The average molecular weight is 551 g/mol. The highest BCUT2D eigenvalue weighted by atomic mass is 32.2. The normalized spacial score (nSPS) is 32.4. The summed E-state index contributed by atoms with van der Waals surface area (Å²) in [5.74, 6) is 0.301. The minimum absolute atomic E-state index is 0.0886.